The fraction of sp³-hybridized carbons (Fsp3) is 0.462. The monoisotopic (exact) mass is 290 g/mol. The van der Waals surface area contributed by atoms with E-state index in [2.05, 4.69) is 0 Å². The molecule has 0 aliphatic heterocycles. The van der Waals surface area contributed by atoms with Crippen LogP contribution in [0.5, 0.6) is 0 Å². The molecule has 0 heterocycles. The third-order valence-corrected chi connectivity index (χ3v) is 3.66. The van der Waals surface area contributed by atoms with E-state index in [1.807, 2.05) is 0 Å². The molecule has 1 fully saturated rings. The van der Waals surface area contributed by atoms with Gasteiger partial charge in [0.25, 0.3) is 0 Å². The Morgan fingerprint density at radius 2 is 1.80 bits per heavy atom. The Balaban J connectivity index is 2.14. The molecule has 0 atom stereocenters. The van der Waals surface area contributed by atoms with Crippen molar-refractivity contribution in [2.45, 2.75) is 25.1 Å². The average molecular weight is 290 g/mol. The predicted octanol–water partition coefficient (Wildman–Crippen LogP) is 3.61. The molecule has 0 N–H and O–H groups in total. The summed E-state index contributed by atoms with van der Waals surface area (Å²) in [4.78, 5) is 1.29. The zero-order valence-electron chi connectivity index (χ0n) is 10.5. The summed E-state index contributed by atoms with van der Waals surface area (Å²) in [5.41, 5.74) is -0.562. The number of anilines is 1. The quantitative estimate of drug-likeness (QED) is 0.778. The number of hydrogen-bond donors (Lipinski definition) is 0. The molecule has 0 amide bonds. The maximum absolute atomic E-state index is 13.7. The van der Waals surface area contributed by atoms with Gasteiger partial charge in [0, 0.05) is 19.2 Å². The second-order valence-corrected chi connectivity index (χ2v) is 4.87. The molecule has 1 aromatic carbocycles. The van der Waals surface area contributed by atoms with Gasteiger partial charge in [0.15, 0.2) is 0 Å². The average Bonchev–Trinajstić information content (AvgIpc) is 2.27. The molecule has 1 aliphatic carbocycles. The first-order valence-corrected chi connectivity index (χ1v) is 5.92. The van der Waals surface area contributed by atoms with Crippen LogP contribution >= 0.6 is 0 Å². The van der Waals surface area contributed by atoms with Gasteiger partial charge in [0.1, 0.15) is 17.7 Å². The lowest BCUT2D eigenvalue weighted by atomic mass is 9.79. The van der Waals surface area contributed by atoms with Crippen molar-refractivity contribution in [3.05, 3.63) is 29.3 Å². The van der Waals surface area contributed by atoms with E-state index < -0.39 is 35.3 Å². The maximum atomic E-state index is 13.7. The number of halogens is 5. The molecule has 0 spiro atoms. The summed E-state index contributed by atoms with van der Waals surface area (Å²) in [6.45, 7) is 0. The Labute approximate surface area is 112 Å². The lowest BCUT2D eigenvalue weighted by Gasteiger charge is -2.43. The summed E-state index contributed by atoms with van der Waals surface area (Å²) in [7, 11) is 1.42. The van der Waals surface area contributed by atoms with Gasteiger partial charge in [-0.1, -0.05) is 0 Å². The summed E-state index contributed by atoms with van der Waals surface area (Å²) in [5, 5.41) is 8.57. The van der Waals surface area contributed by atoms with E-state index >= 15 is 0 Å². The van der Waals surface area contributed by atoms with Gasteiger partial charge in [0.2, 0.25) is 0 Å². The Morgan fingerprint density at radius 1 is 1.20 bits per heavy atom. The number of nitrogens with zero attached hydrogens (tertiary/aromatic N) is 2. The van der Waals surface area contributed by atoms with Crippen LogP contribution in [0, 0.1) is 28.9 Å². The van der Waals surface area contributed by atoms with Gasteiger partial charge in [-0.05, 0) is 18.9 Å². The first-order valence-electron chi connectivity index (χ1n) is 5.92. The van der Waals surface area contributed by atoms with Crippen LogP contribution in [0.1, 0.15) is 18.4 Å². The largest absolute Gasteiger partial charge is 0.391 e. The van der Waals surface area contributed by atoms with Crippen molar-refractivity contribution >= 4 is 5.69 Å². The molecule has 108 valence electrons. The van der Waals surface area contributed by atoms with Crippen molar-refractivity contribution in [3.63, 3.8) is 0 Å². The molecule has 20 heavy (non-hydrogen) atoms. The molecule has 0 bridgehead atoms. The molecule has 0 saturated heterocycles. The molecule has 2 nitrogen and oxygen atoms in total. The lowest BCUT2D eigenvalue weighted by Crippen LogP contribution is -2.48. The smallest absolute Gasteiger partial charge is 0.369 e. The SMILES string of the molecule is CN(c1cc(F)c(C#N)cc1F)[C@H]1C[C@@H](C(F)(F)F)C1. The highest BCUT2D eigenvalue weighted by molar-refractivity contribution is 5.52. The van der Waals surface area contributed by atoms with Crippen LogP contribution in [0.3, 0.4) is 0 Å². The molecule has 1 aliphatic rings. The van der Waals surface area contributed by atoms with Gasteiger partial charge in [-0.2, -0.15) is 18.4 Å². The standard InChI is InChI=1S/C13H11F5N2/c1-20(9-3-8(4-9)13(16,17)18)12-5-10(14)7(6-19)2-11(12)15/h2,5,8-9H,3-4H2,1H3/t8-,9+. The summed E-state index contributed by atoms with van der Waals surface area (Å²) in [6, 6.07) is 2.61. The minimum absolute atomic E-state index is 0.132. The molecule has 0 aromatic heterocycles. The Morgan fingerprint density at radius 3 is 2.30 bits per heavy atom. The minimum Gasteiger partial charge on any atom is -0.369 e. The van der Waals surface area contributed by atoms with Crippen molar-refractivity contribution < 1.29 is 22.0 Å². The van der Waals surface area contributed by atoms with Crippen LogP contribution in [-0.2, 0) is 0 Å². The summed E-state index contributed by atoms with van der Waals surface area (Å²) < 4.78 is 64.4. The van der Waals surface area contributed by atoms with Crippen molar-refractivity contribution in [2.75, 3.05) is 11.9 Å². The van der Waals surface area contributed by atoms with Gasteiger partial charge >= 0.3 is 6.18 Å². The molecule has 0 radical (unpaired) electrons. The predicted molar refractivity (Wildman–Crippen MR) is 62.0 cm³/mol. The topological polar surface area (TPSA) is 27.0 Å². The summed E-state index contributed by atoms with van der Waals surface area (Å²) in [6.07, 6.45) is -4.52. The minimum atomic E-state index is -4.24. The Hall–Kier alpha value is -1.84. The highest BCUT2D eigenvalue weighted by Gasteiger charge is 2.49. The maximum Gasteiger partial charge on any atom is 0.391 e. The second-order valence-electron chi connectivity index (χ2n) is 4.87. The molecule has 1 saturated carbocycles. The molecule has 0 unspecified atom stereocenters. The number of alkyl halides is 3. The van der Waals surface area contributed by atoms with Crippen molar-refractivity contribution in [1.82, 2.24) is 0 Å². The van der Waals surface area contributed by atoms with Gasteiger partial charge in [-0.15, -0.1) is 0 Å². The van der Waals surface area contributed by atoms with E-state index in [0.29, 0.717) is 0 Å². The van der Waals surface area contributed by atoms with Crippen molar-refractivity contribution in [2.24, 2.45) is 5.92 Å². The van der Waals surface area contributed by atoms with Gasteiger partial charge < -0.3 is 4.90 Å². The van der Waals surface area contributed by atoms with E-state index in [0.717, 1.165) is 12.1 Å². The fourth-order valence-electron chi connectivity index (χ4n) is 2.26. The van der Waals surface area contributed by atoms with Crippen LogP contribution in [0.25, 0.3) is 0 Å². The molecule has 1 aromatic rings. The number of benzene rings is 1. The fourth-order valence-corrected chi connectivity index (χ4v) is 2.26. The van der Waals surface area contributed by atoms with Crippen LogP contribution in [0.4, 0.5) is 27.6 Å². The Bertz CT molecular complexity index is 555. The molecule has 7 heteroatoms. The van der Waals surface area contributed by atoms with Gasteiger partial charge in [0.05, 0.1) is 17.2 Å². The van der Waals surface area contributed by atoms with Crippen LogP contribution in [0.15, 0.2) is 12.1 Å². The van der Waals surface area contributed by atoms with Gasteiger partial charge in [-0.3, -0.25) is 0 Å². The third-order valence-electron chi connectivity index (χ3n) is 3.66. The van der Waals surface area contributed by atoms with E-state index in [4.69, 9.17) is 5.26 Å². The molecular formula is C13H11F5N2. The number of nitriles is 1. The third kappa shape index (κ3) is 2.55. The highest BCUT2D eigenvalue weighted by atomic mass is 19.4. The van der Waals surface area contributed by atoms with Gasteiger partial charge in [-0.25, -0.2) is 8.78 Å². The number of rotatable bonds is 2. The van der Waals surface area contributed by atoms with Crippen molar-refractivity contribution in [1.29, 1.82) is 5.26 Å². The summed E-state index contributed by atoms with van der Waals surface area (Å²) >= 11 is 0. The van der Waals surface area contributed by atoms with E-state index in [-0.39, 0.29) is 18.5 Å². The summed E-state index contributed by atoms with van der Waals surface area (Å²) in [5.74, 6) is -3.09. The molecule has 2 rings (SSSR count). The first kappa shape index (κ1) is 14.6. The number of hydrogen-bond acceptors (Lipinski definition) is 2. The lowest BCUT2D eigenvalue weighted by molar-refractivity contribution is -0.196. The van der Waals surface area contributed by atoms with E-state index in [9.17, 15) is 22.0 Å². The van der Waals surface area contributed by atoms with Crippen LogP contribution in [-0.4, -0.2) is 19.3 Å². The second kappa shape index (κ2) is 4.93. The van der Waals surface area contributed by atoms with Crippen molar-refractivity contribution in [3.8, 4) is 6.07 Å². The van der Waals surface area contributed by atoms with E-state index in [1.165, 1.54) is 18.0 Å². The zero-order chi connectivity index (χ0) is 15.1. The van der Waals surface area contributed by atoms with E-state index in [1.54, 1.807) is 0 Å². The highest BCUT2D eigenvalue weighted by Crippen LogP contribution is 2.44. The zero-order valence-corrected chi connectivity index (χ0v) is 10.5. The van der Waals surface area contributed by atoms with Crippen LogP contribution in [0.2, 0.25) is 0 Å². The molecular weight excluding hydrogens is 279 g/mol. The normalized spacial score (nSPS) is 22.1. The van der Waals surface area contributed by atoms with Crippen LogP contribution < -0.4 is 4.90 Å². The Kier molecular flexibility index (Phi) is 3.59. The first-order chi connectivity index (χ1) is 9.24.